The van der Waals surface area contributed by atoms with Crippen molar-refractivity contribution < 1.29 is 33.5 Å². The number of hydrogen-bond donors (Lipinski definition) is 1. The summed E-state index contributed by atoms with van der Waals surface area (Å²) < 4.78 is 22.0. The molecule has 0 saturated heterocycles. The molecule has 2 aromatic carbocycles. The second kappa shape index (κ2) is 14.3. The van der Waals surface area contributed by atoms with Gasteiger partial charge >= 0.3 is 11.9 Å². The first-order valence-corrected chi connectivity index (χ1v) is 13.2. The number of nitrogens with one attached hydrogen (secondary N) is 1. The summed E-state index contributed by atoms with van der Waals surface area (Å²) >= 11 is 0. The number of carbonyl (C=O) groups excluding carboxylic acids is 2. The summed E-state index contributed by atoms with van der Waals surface area (Å²) in [7, 11) is 1.24. The van der Waals surface area contributed by atoms with Gasteiger partial charge in [-0.2, -0.15) is 0 Å². The maximum absolute atomic E-state index is 13.3. The summed E-state index contributed by atoms with van der Waals surface area (Å²) in [5.74, 6) is -1.61. The Morgan fingerprint density at radius 3 is 2.30 bits per heavy atom. The molecule has 0 spiro atoms. The zero-order valence-corrected chi connectivity index (χ0v) is 23.5. The van der Waals surface area contributed by atoms with E-state index in [1.807, 2.05) is 31.2 Å². The van der Waals surface area contributed by atoms with Crippen molar-refractivity contribution in [2.45, 2.75) is 52.6 Å². The molecule has 10 heteroatoms. The van der Waals surface area contributed by atoms with Crippen molar-refractivity contribution in [3.8, 4) is 5.75 Å². The first-order chi connectivity index (χ1) is 19.2. The van der Waals surface area contributed by atoms with Crippen LogP contribution >= 0.6 is 0 Å². The van der Waals surface area contributed by atoms with Crippen LogP contribution in [0.15, 0.2) is 71.1 Å². The van der Waals surface area contributed by atoms with E-state index in [-0.39, 0.29) is 36.2 Å². The fraction of sp³-hybridized carbons (Fsp3) is 0.400. The van der Waals surface area contributed by atoms with Crippen molar-refractivity contribution in [2.75, 3.05) is 26.9 Å². The molecule has 0 radical (unpaired) electrons. The summed E-state index contributed by atoms with van der Waals surface area (Å²) in [4.78, 5) is 36.9. The van der Waals surface area contributed by atoms with Gasteiger partial charge in [-0.1, -0.05) is 31.2 Å². The van der Waals surface area contributed by atoms with Gasteiger partial charge in [0.2, 0.25) is 0 Å². The Morgan fingerprint density at radius 1 is 1.00 bits per heavy atom. The van der Waals surface area contributed by atoms with Crippen molar-refractivity contribution in [1.82, 2.24) is 5.32 Å². The van der Waals surface area contributed by atoms with Crippen LogP contribution in [0.25, 0.3) is 0 Å². The molecule has 0 aromatic heterocycles. The van der Waals surface area contributed by atoms with Gasteiger partial charge in [0.05, 0.1) is 35.2 Å². The van der Waals surface area contributed by atoms with E-state index >= 15 is 0 Å². The Bertz CT molecular complexity index is 1280. The number of ether oxygens (including phenoxy) is 4. The van der Waals surface area contributed by atoms with Gasteiger partial charge in [0.1, 0.15) is 19.0 Å². The van der Waals surface area contributed by atoms with E-state index in [2.05, 4.69) is 12.2 Å². The van der Waals surface area contributed by atoms with E-state index < -0.39 is 22.8 Å². The van der Waals surface area contributed by atoms with Crippen LogP contribution in [0, 0.1) is 10.1 Å². The number of non-ortho nitro benzene ring substituents is 1. The van der Waals surface area contributed by atoms with Crippen LogP contribution in [-0.4, -0.2) is 49.9 Å². The molecule has 3 rings (SSSR count). The lowest BCUT2D eigenvalue weighted by atomic mass is 9.80. The predicted molar refractivity (Wildman–Crippen MR) is 149 cm³/mol. The topological polar surface area (TPSA) is 126 Å². The number of allylic oxidation sites excluding steroid dienone is 2. The van der Waals surface area contributed by atoms with Gasteiger partial charge in [-0.05, 0) is 56.9 Å². The van der Waals surface area contributed by atoms with Gasteiger partial charge < -0.3 is 24.3 Å². The largest absolute Gasteiger partial charge is 0.490 e. The Labute approximate surface area is 234 Å². The molecular formula is C30H36N2O8. The summed E-state index contributed by atoms with van der Waals surface area (Å²) in [5, 5.41) is 14.5. The highest BCUT2D eigenvalue weighted by molar-refractivity contribution is 5.99. The molecule has 0 saturated carbocycles. The van der Waals surface area contributed by atoms with E-state index in [9.17, 15) is 19.7 Å². The van der Waals surface area contributed by atoms with Crippen molar-refractivity contribution in [1.29, 1.82) is 0 Å². The highest BCUT2D eigenvalue weighted by Gasteiger charge is 2.38. The van der Waals surface area contributed by atoms with Crippen LogP contribution in [0.1, 0.15) is 51.2 Å². The zero-order valence-electron chi connectivity index (χ0n) is 23.5. The van der Waals surface area contributed by atoms with Crippen molar-refractivity contribution in [3.63, 3.8) is 0 Å². The lowest BCUT2D eigenvalue weighted by Gasteiger charge is -2.30. The Balaban J connectivity index is 1.69. The molecule has 1 aliphatic heterocycles. The van der Waals surface area contributed by atoms with Crippen molar-refractivity contribution in [3.05, 3.63) is 92.3 Å². The van der Waals surface area contributed by atoms with Crippen LogP contribution in [0.2, 0.25) is 0 Å². The molecule has 2 atom stereocenters. The average Bonchev–Trinajstić information content (AvgIpc) is 2.94. The molecule has 214 valence electrons. The highest BCUT2D eigenvalue weighted by Crippen LogP contribution is 2.40. The molecule has 1 heterocycles. The minimum absolute atomic E-state index is 0.0445. The first kappa shape index (κ1) is 30.4. The molecule has 0 fully saturated rings. The Morgan fingerprint density at radius 2 is 1.68 bits per heavy atom. The molecule has 10 nitrogen and oxygen atoms in total. The fourth-order valence-corrected chi connectivity index (χ4v) is 4.60. The average molecular weight is 553 g/mol. The molecule has 0 amide bonds. The smallest absolute Gasteiger partial charge is 0.336 e. The third kappa shape index (κ3) is 7.69. The SMILES string of the molecule is CCCO[C@@H](C)Cc1ccc(OCCOC(=O)C2=C(C)NC(C)=C(C(=O)OC)C2c2cccc([N+](=O)[O-])c2)cc1. The van der Waals surface area contributed by atoms with Gasteiger partial charge in [0.25, 0.3) is 5.69 Å². The lowest BCUT2D eigenvalue weighted by Crippen LogP contribution is -2.32. The molecule has 0 bridgehead atoms. The minimum atomic E-state index is -0.918. The number of benzene rings is 2. The number of nitrogens with zero attached hydrogens (tertiary/aromatic N) is 1. The molecule has 1 unspecified atom stereocenters. The highest BCUT2D eigenvalue weighted by atomic mass is 16.6. The van der Waals surface area contributed by atoms with Crippen LogP contribution < -0.4 is 10.1 Å². The number of nitro groups is 1. The fourth-order valence-electron chi connectivity index (χ4n) is 4.60. The first-order valence-electron chi connectivity index (χ1n) is 13.2. The molecular weight excluding hydrogens is 516 g/mol. The van der Waals surface area contributed by atoms with Gasteiger partial charge in [-0.25, -0.2) is 9.59 Å². The zero-order chi connectivity index (χ0) is 29.2. The quantitative estimate of drug-likeness (QED) is 0.158. The molecule has 40 heavy (non-hydrogen) atoms. The second-order valence-corrected chi connectivity index (χ2v) is 9.49. The molecule has 0 aliphatic carbocycles. The number of carbonyl (C=O) groups is 2. The van der Waals surface area contributed by atoms with E-state index in [0.29, 0.717) is 22.7 Å². The maximum Gasteiger partial charge on any atom is 0.336 e. The standard InChI is InChI=1S/C30H36N2O8/c1-6-14-38-19(2)17-22-10-12-25(13-11-22)39-15-16-40-30(34)27-21(4)31-20(3)26(29(33)37-5)28(27)23-8-7-9-24(18-23)32(35)36/h7-13,18-19,28,31H,6,14-17H2,1-5H3/t19-,28?/m0/s1. The van der Waals surface area contributed by atoms with Crippen molar-refractivity contribution >= 4 is 17.6 Å². The van der Waals surface area contributed by atoms with Crippen LogP contribution in [0.5, 0.6) is 5.75 Å². The van der Waals surface area contributed by atoms with Gasteiger partial charge in [0, 0.05) is 30.1 Å². The summed E-state index contributed by atoms with van der Waals surface area (Å²) in [6, 6.07) is 13.5. The predicted octanol–water partition coefficient (Wildman–Crippen LogP) is 4.98. The molecule has 2 aromatic rings. The van der Waals surface area contributed by atoms with Crippen LogP contribution in [-0.2, 0) is 30.2 Å². The number of nitro benzene ring substituents is 1. The maximum atomic E-state index is 13.3. The summed E-state index contributed by atoms with van der Waals surface area (Å²) in [6.45, 7) is 8.29. The summed E-state index contributed by atoms with van der Waals surface area (Å²) in [6.07, 6.45) is 1.91. The Kier molecular flexibility index (Phi) is 10.8. The van der Waals surface area contributed by atoms with Crippen LogP contribution in [0.4, 0.5) is 5.69 Å². The number of methoxy groups -OCH3 is 1. The van der Waals surface area contributed by atoms with Crippen molar-refractivity contribution in [2.24, 2.45) is 0 Å². The third-order valence-corrected chi connectivity index (χ3v) is 6.44. The third-order valence-electron chi connectivity index (χ3n) is 6.44. The minimum Gasteiger partial charge on any atom is -0.490 e. The van der Waals surface area contributed by atoms with E-state index in [4.69, 9.17) is 18.9 Å². The second-order valence-electron chi connectivity index (χ2n) is 9.49. The van der Waals surface area contributed by atoms with E-state index in [1.165, 1.54) is 25.3 Å². The molecule has 1 aliphatic rings. The molecule has 1 N–H and O–H groups in total. The summed E-state index contributed by atoms with van der Waals surface area (Å²) in [5.41, 5.74) is 2.65. The number of dihydropyridines is 1. The number of hydrogen-bond acceptors (Lipinski definition) is 9. The van der Waals surface area contributed by atoms with Gasteiger partial charge in [-0.15, -0.1) is 0 Å². The van der Waals surface area contributed by atoms with E-state index in [1.54, 1.807) is 19.9 Å². The number of esters is 2. The normalized spacial score (nSPS) is 15.8. The lowest BCUT2D eigenvalue weighted by molar-refractivity contribution is -0.384. The monoisotopic (exact) mass is 552 g/mol. The van der Waals surface area contributed by atoms with Gasteiger partial charge in [-0.3, -0.25) is 10.1 Å². The van der Waals surface area contributed by atoms with E-state index in [0.717, 1.165) is 25.0 Å². The van der Waals surface area contributed by atoms with Crippen LogP contribution in [0.3, 0.4) is 0 Å². The number of rotatable bonds is 13. The Hall–Kier alpha value is -4.18. The van der Waals surface area contributed by atoms with Gasteiger partial charge in [0.15, 0.2) is 0 Å².